The normalized spacial score (nSPS) is 20.1. The van der Waals surface area contributed by atoms with E-state index in [1.807, 2.05) is 30.3 Å². The minimum atomic E-state index is 0.218. The molecule has 0 unspecified atom stereocenters. The number of hydrogen-bond acceptors (Lipinski definition) is 4. The fourth-order valence-electron chi connectivity index (χ4n) is 3.59. The van der Waals surface area contributed by atoms with E-state index < -0.39 is 0 Å². The quantitative estimate of drug-likeness (QED) is 0.797. The van der Waals surface area contributed by atoms with Crippen LogP contribution in [0.4, 0.5) is 0 Å². The number of aliphatic hydroxyl groups excluding tert-OH is 1. The highest BCUT2D eigenvalue weighted by Gasteiger charge is 2.26. The lowest BCUT2D eigenvalue weighted by Gasteiger charge is -2.28. The summed E-state index contributed by atoms with van der Waals surface area (Å²) in [6.07, 6.45) is 5.56. The number of benzene rings is 1. The van der Waals surface area contributed by atoms with Crippen LogP contribution in [0.15, 0.2) is 48.7 Å². The van der Waals surface area contributed by atoms with Crippen LogP contribution in [0, 0.1) is 5.92 Å². The molecule has 1 heterocycles. The van der Waals surface area contributed by atoms with Crippen molar-refractivity contribution < 1.29 is 9.84 Å². The number of nitrogens with zero attached hydrogens (tertiary/aromatic N) is 2. The SMILES string of the molecule is C[C@@H]1CC[C@H](N(CCO)Cc2ccc(OCc3ccccn3)cc2)C1. The van der Waals surface area contributed by atoms with Crippen molar-refractivity contribution in [1.82, 2.24) is 9.88 Å². The van der Waals surface area contributed by atoms with Gasteiger partial charge in [0.05, 0.1) is 12.3 Å². The molecule has 25 heavy (non-hydrogen) atoms. The van der Waals surface area contributed by atoms with Crippen LogP contribution in [0.2, 0.25) is 0 Å². The Kier molecular flexibility index (Phi) is 6.42. The first-order chi connectivity index (χ1) is 12.2. The molecule has 0 bridgehead atoms. The van der Waals surface area contributed by atoms with Crippen molar-refractivity contribution in [3.63, 3.8) is 0 Å². The Morgan fingerprint density at radius 2 is 2.00 bits per heavy atom. The number of rotatable bonds is 8. The molecule has 1 aliphatic rings. The zero-order valence-corrected chi connectivity index (χ0v) is 15.0. The van der Waals surface area contributed by atoms with E-state index in [2.05, 4.69) is 28.9 Å². The molecule has 134 valence electrons. The number of pyridine rings is 1. The summed E-state index contributed by atoms with van der Waals surface area (Å²) < 4.78 is 5.80. The van der Waals surface area contributed by atoms with Crippen LogP contribution in [0.5, 0.6) is 5.75 Å². The van der Waals surface area contributed by atoms with E-state index in [4.69, 9.17) is 4.74 Å². The smallest absolute Gasteiger partial charge is 0.130 e. The van der Waals surface area contributed by atoms with Crippen LogP contribution in [-0.2, 0) is 13.2 Å². The Morgan fingerprint density at radius 3 is 2.64 bits per heavy atom. The average Bonchev–Trinajstić information content (AvgIpc) is 3.08. The van der Waals surface area contributed by atoms with Crippen molar-refractivity contribution in [2.24, 2.45) is 5.92 Å². The summed E-state index contributed by atoms with van der Waals surface area (Å²) in [5.41, 5.74) is 2.19. The van der Waals surface area contributed by atoms with Crippen molar-refractivity contribution in [3.8, 4) is 5.75 Å². The summed E-state index contributed by atoms with van der Waals surface area (Å²) >= 11 is 0. The predicted octanol–water partition coefficient (Wildman–Crippen LogP) is 3.64. The van der Waals surface area contributed by atoms with Gasteiger partial charge in [0.15, 0.2) is 0 Å². The second-order valence-electron chi connectivity index (χ2n) is 7.02. The van der Waals surface area contributed by atoms with Gasteiger partial charge < -0.3 is 9.84 Å². The van der Waals surface area contributed by atoms with E-state index in [-0.39, 0.29) is 6.61 Å². The highest BCUT2D eigenvalue weighted by Crippen LogP contribution is 2.29. The summed E-state index contributed by atoms with van der Waals surface area (Å²) in [4.78, 5) is 6.69. The van der Waals surface area contributed by atoms with Crippen molar-refractivity contribution in [1.29, 1.82) is 0 Å². The molecule has 0 aliphatic heterocycles. The molecule has 1 aromatic carbocycles. The maximum absolute atomic E-state index is 9.40. The van der Waals surface area contributed by atoms with Gasteiger partial charge in [-0.25, -0.2) is 0 Å². The van der Waals surface area contributed by atoms with Crippen molar-refractivity contribution in [3.05, 3.63) is 59.9 Å². The van der Waals surface area contributed by atoms with Crippen LogP contribution in [0.1, 0.15) is 37.4 Å². The Morgan fingerprint density at radius 1 is 1.16 bits per heavy atom. The lowest BCUT2D eigenvalue weighted by atomic mass is 10.1. The van der Waals surface area contributed by atoms with E-state index in [0.717, 1.165) is 30.5 Å². The minimum Gasteiger partial charge on any atom is -0.487 e. The van der Waals surface area contributed by atoms with Crippen LogP contribution < -0.4 is 4.74 Å². The second kappa shape index (κ2) is 8.97. The van der Waals surface area contributed by atoms with Crippen LogP contribution in [-0.4, -0.2) is 34.2 Å². The molecule has 1 aromatic heterocycles. The molecule has 4 nitrogen and oxygen atoms in total. The number of aliphatic hydroxyl groups is 1. The maximum Gasteiger partial charge on any atom is 0.130 e. The highest BCUT2D eigenvalue weighted by molar-refractivity contribution is 5.27. The van der Waals surface area contributed by atoms with Gasteiger partial charge in [0.1, 0.15) is 12.4 Å². The first-order valence-electron chi connectivity index (χ1n) is 9.21. The highest BCUT2D eigenvalue weighted by atomic mass is 16.5. The lowest BCUT2D eigenvalue weighted by molar-refractivity contribution is 0.143. The fraction of sp³-hybridized carbons (Fsp3) is 0.476. The number of ether oxygens (including phenoxy) is 1. The summed E-state index contributed by atoms with van der Waals surface area (Å²) in [6, 6.07) is 14.7. The molecule has 1 saturated carbocycles. The Labute approximate surface area is 150 Å². The third-order valence-corrected chi connectivity index (χ3v) is 4.99. The van der Waals surface area contributed by atoms with Crippen LogP contribution in [0.25, 0.3) is 0 Å². The molecule has 4 heteroatoms. The van der Waals surface area contributed by atoms with Crippen LogP contribution >= 0.6 is 0 Å². The van der Waals surface area contributed by atoms with Gasteiger partial charge >= 0.3 is 0 Å². The van der Waals surface area contributed by atoms with E-state index in [0.29, 0.717) is 12.6 Å². The molecule has 1 fully saturated rings. The number of hydrogen-bond donors (Lipinski definition) is 1. The third-order valence-electron chi connectivity index (χ3n) is 4.99. The molecule has 0 amide bonds. The van der Waals surface area contributed by atoms with Crippen molar-refractivity contribution in [2.45, 2.75) is 45.4 Å². The maximum atomic E-state index is 9.40. The summed E-state index contributed by atoms with van der Waals surface area (Å²) in [7, 11) is 0. The first-order valence-corrected chi connectivity index (χ1v) is 9.21. The van der Waals surface area contributed by atoms with E-state index in [1.54, 1.807) is 6.20 Å². The Balaban J connectivity index is 1.55. The first kappa shape index (κ1) is 17.9. The van der Waals surface area contributed by atoms with E-state index >= 15 is 0 Å². The predicted molar refractivity (Wildman–Crippen MR) is 99.3 cm³/mol. The topological polar surface area (TPSA) is 45.6 Å². The van der Waals surface area contributed by atoms with Gasteiger partial charge in [0.25, 0.3) is 0 Å². The van der Waals surface area contributed by atoms with Crippen molar-refractivity contribution in [2.75, 3.05) is 13.2 Å². The molecule has 2 atom stereocenters. The van der Waals surface area contributed by atoms with Gasteiger partial charge in [0.2, 0.25) is 0 Å². The van der Waals surface area contributed by atoms with Gasteiger partial charge in [-0.1, -0.05) is 25.1 Å². The zero-order valence-electron chi connectivity index (χ0n) is 15.0. The third kappa shape index (κ3) is 5.28. The average molecular weight is 340 g/mol. The van der Waals surface area contributed by atoms with Gasteiger partial charge in [-0.3, -0.25) is 9.88 Å². The Bertz CT molecular complexity index is 630. The zero-order chi connectivity index (χ0) is 17.5. The second-order valence-corrected chi connectivity index (χ2v) is 7.02. The molecular weight excluding hydrogens is 312 g/mol. The largest absolute Gasteiger partial charge is 0.487 e. The van der Waals surface area contributed by atoms with Gasteiger partial charge in [-0.05, 0) is 55.0 Å². The molecule has 2 aromatic rings. The van der Waals surface area contributed by atoms with Gasteiger partial charge in [-0.15, -0.1) is 0 Å². The van der Waals surface area contributed by atoms with E-state index in [9.17, 15) is 5.11 Å². The van der Waals surface area contributed by atoms with Crippen LogP contribution in [0.3, 0.4) is 0 Å². The monoisotopic (exact) mass is 340 g/mol. The van der Waals surface area contributed by atoms with Gasteiger partial charge in [-0.2, -0.15) is 0 Å². The molecule has 0 radical (unpaired) electrons. The minimum absolute atomic E-state index is 0.218. The number of aromatic nitrogens is 1. The summed E-state index contributed by atoms with van der Waals surface area (Å²) in [5, 5.41) is 9.40. The summed E-state index contributed by atoms with van der Waals surface area (Å²) in [6.45, 7) is 4.66. The lowest BCUT2D eigenvalue weighted by Crippen LogP contribution is -2.35. The standard InChI is InChI=1S/C21H28N2O2/c1-17-5-8-20(14-17)23(12-13-24)15-18-6-9-21(10-7-18)25-16-19-4-2-3-11-22-19/h2-4,6-7,9-11,17,20,24H,5,8,12-16H2,1H3/t17-,20+/m1/s1. The molecule has 1 N–H and O–H groups in total. The Hall–Kier alpha value is -1.91. The van der Waals surface area contributed by atoms with Crippen molar-refractivity contribution >= 4 is 0 Å². The summed E-state index contributed by atoms with van der Waals surface area (Å²) in [5.74, 6) is 1.66. The van der Waals surface area contributed by atoms with E-state index in [1.165, 1.54) is 24.8 Å². The molecule has 3 rings (SSSR count). The molecule has 0 saturated heterocycles. The molecule has 0 spiro atoms. The molecular formula is C21H28N2O2. The van der Waals surface area contributed by atoms with Gasteiger partial charge in [0, 0.05) is 25.3 Å². The fourth-order valence-corrected chi connectivity index (χ4v) is 3.59. The molecule has 1 aliphatic carbocycles.